The first kappa shape index (κ1) is 14.7. The Kier molecular flexibility index (Phi) is 4.54. The monoisotopic (exact) mass is 294 g/mol. The van der Waals surface area contributed by atoms with Crippen LogP contribution in [-0.2, 0) is 0 Å². The Labute approximate surface area is 122 Å². The maximum atomic E-state index is 12.3. The van der Waals surface area contributed by atoms with Crippen molar-refractivity contribution < 1.29 is 14.7 Å². The SMILES string of the molecule is CC1SCCN(C(=O)Nc2cccc(C(=O)O)c2)C1C. The fraction of sp³-hybridized carbons (Fsp3) is 0.429. The number of rotatable bonds is 2. The first-order chi connectivity index (χ1) is 9.49. The zero-order chi connectivity index (χ0) is 14.7. The van der Waals surface area contributed by atoms with E-state index in [0.29, 0.717) is 17.5 Å². The average Bonchev–Trinajstić information content (AvgIpc) is 2.42. The molecule has 1 aromatic rings. The van der Waals surface area contributed by atoms with Gasteiger partial charge >= 0.3 is 12.0 Å². The number of anilines is 1. The molecule has 2 amide bonds. The van der Waals surface area contributed by atoms with Crippen molar-refractivity contribution in [3.05, 3.63) is 29.8 Å². The number of carbonyl (C=O) groups excluding carboxylic acids is 1. The molecule has 0 saturated carbocycles. The second kappa shape index (κ2) is 6.17. The number of hydrogen-bond donors (Lipinski definition) is 2. The summed E-state index contributed by atoms with van der Waals surface area (Å²) in [5.41, 5.74) is 0.673. The molecule has 108 valence electrons. The molecule has 2 unspecified atom stereocenters. The maximum Gasteiger partial charge on any atom is 0.335 e. The zero-order valence-electron chi connectivity index (χ0n) is 11.5. The third kappa shape index (κ3) is 3.25. The molecular formula is C14H18N2O3S. The molecule has 1 fully saturated rings. The van der Waals surface area contributed by atoms with Crippen LogP contribution in [0.4, 0.5) is 10.5 Å². The lowest BCUT2D eigenvalue weighted by Crippen LogP contribution is -2.49. The summed E-state index contributed by atoms with van der Waals surface area (Å²) >= 11 is 1.86. The molecule has 2 N–H and O–H groups in total. The lowest BCUT2D eigenvalue weighted by molar-refractivity contribution is 0.0697. The van der Waals surface area contributed by atoms with Crippen LogP contribution in [0.3, 0.4) is 0 Å². The standard InChI is InChI=1S/C14H18N2O3S/c1-9-10(2)20-7-6-16(9)14(19)15-12-5-3-4-11(8-12)13(17)18/h3-5,8-10H,6-7H2,1-2H3,(H,15,19)(H,17,18). The van der Waals surface area contributed by atoms with Crippen LogP contribution in [0.5, 0.6) is 0 Å². The smallest absolute Gasteiger partial charge is 0.335 e. The lowest BCUT2D eigenvalue weighted by Gasteiger charge is -2.37. The van der Waals surface area contributed by atoms with E-state index in [1.54, 1.807) is 17.0 Å². The fourth-order valence-electron chi connectivity index (χ4n) is 2.15. The Morgan fingerprint density at radius 2 is 2.15 bits per heavy atom. The van der Waals surface area contributed by atoms with Gasteiger partial charge in [-0.2, -0.15) is 11.8 Å². The summed E-state index contributed by atoms with van der Waals surface area (Å²) in [6.45, 7) is 4.85. The van der Waals surface area contributed by atoms with Gasteiger partial charge in [0, 0.05) is 29.3 Å². The summed E-state index contributed by atoms with van der Waals surface area (Å²) in [4.78, 5) is 25.0. The van der Waals surface area contributed by atoms with E-state index in [9.17, 15) is 9.59 Å². The normalized spacial score (nSPS) is 22.4. The van der Waals surface area contributed by atoms with Crippen molar-refractivity contribution in [1.29, 1.82) is 0 Å². The van der Waals surface area contributed by atoms with Crippen molar-refractivity contribution in [1.82, 2.24) is 4.90 Å². The van der Waals surface area contributed by atoms with Gasteiger partial charge < -0.3 is 15.3 Å². The molecule has 0 radical (unpaired) electrons. The van der Waals surface area contributed by atoms with Crippen LogP contribution >= 0.6 is 11.8 Å². The van der Waals surface area contributed by atoms with Crippen LogP contribution in [0.15, 0.2) is 24.3 Å². The highest BCUT2D eigenvalue weighted by atomic mass is 32.2. The Balaban J connectivity index is 2.07. The molecule has 0 aromatic heterocycles. The van der Waals surface area contributed by atoms with Crippen molar-refractivity contribution in [3.8, 4) is 0 Å². The van der Waals surface area contributed by atoms with E-state index in [1.807, 2.05) is 18.7 Å². The molecular weight excluding hydrogens is 276 g/mol. The van der Waals surface area contributed by atoms with E-state index < -0.39 is 5.97 Å². The maximum absolute atomic E-state index is 12.3. The molecule has 1 saturated heterocycles. The van der Waals surface area contributed by atoms with E-state index >= 15 is 0 Å². The average molecular weight is 294 g/mol. The van der Waals surface area contributed by atoms with E-state index in [2.05, 4.69) is 12.2 Å². The Morgan fingerprint density at radius 3 is 2.85 bits per heavy atom. The van der Waals surface area contributed by atoms with Crippen LogP contribution < -0.4 is 5.32 Å². The molecule has 1 heterocycles. The number of carboxylic acids is 1. The number of benzene rings is 1. The highest BCUT2D eigenvalue weighted by Gasteiger charge is 2.28. The Hall–Kier alpha value is -1.69. The molecule has 2 rings (SSSR count). The molecule has 0 bridgehead atoms. The van der Waals surface area contributed by atoms with Gasteiger partial charge in [0.05, 0.1) is 5.56 Å². The third-order valence-corrected chi connectivity index (χ3v) is 4.84. The molecule has 6 heteroatoms. The lowest BCUT2D eigenvalue weighted by atomic mass is 10.2. The van der Waals surface area contributed by atoms with Crippen LogP contribution in [0.2, 0.25) is 0 Å². The zero-order valence-corrected chi connectivity index (χ0v) is 12.3. The van der Waals surface area contributed by atoms with Gasteiger partial charge in [-0.05, 0) is 25.1 Å². The quantitative estimate of drug-likeness (QED) is 0.880. The summed E-state index contributed by atoms with van der Waals surface area (Å²) in [7, 11) is 0. The van der Waals surface area contributed by atoms with Crippen molar-refractivity contribution >= 4 is 29.4 Å². The van der Waals surface area contributed by atoms with Gasteiger partial charge in [0.25, 0.3) is 0 Å². The number of nitrogens with one attached hydrogen (secondary N) is 1. The number of urea groups is 1. The fourth-order valence-corrected chi connectivity index (χ4v) is 3.24. The third-order valence-electron chi connectivity index (χ3n) is 3.51. The highest BCUT2D eigenvalue weighted by molar-refractivity contribution is 8.00. The minimum absolute atomic E-state index is 0.163. The molecule has 1 aliphatic heterocycles. The summed E-state index contributed by atoms with van der Waals surface area (Å²) in [6.07, 6.45) is 0. The Bertz CT molecular complexity index is 521. The summed E-state index contributed by atoms with van der Waals surface area (Å²) in [5, 5.41) is 12.1. The molecule has 0 spiro atoms. The molecule has 5 nitrogen and oxygen atoms in total. The van der Waals surface area contributed by atoms with E-state index in [-0.39, 0.29) is 17.6 Å². The van der Waals surface area contributed by atoms with Gasteiger partial charge in [0.15, 0.2) is 0 Å². The van der Waals surface area contributed by atoms with Gasteiger partial charge in [-0.15, -0.1) is 0 Å². The van der Waals surface area contributed by atoms with Crippen molar-refractivity contribution in [2.75, 3.05) is 17.6 Å². The summed E-state index contributed by atoms with van der Waals surface area (Å²) in [6, 6.07) is 6.27. The van der Waals surface area contributed by atoms with Gasteiger partial charge in [-0.1, -0.05) is 13.0 Å². The molecule has 1 aromatic carbocycles. The topological polar surface area (TPSA) is 69.6 Å². The van der Waals surface area contributed by atoms with Gasteiger partial charge in [-0.3, -0.25) is 0 Å². The number of carboxylic acid groups (broad SMARTS) is 1. The molecule has 1 aliphatic rings. The minimum atomic E-state index is -1.00. The van der Waals surface area contributed by atoms with Crippen LogP contribution in [0.25, 0.3) is 0 Å². The number of aromatic carboxylic acids is 1. The van der Waals surface area contributed by atoms with Gasteiger partial charge in [0.2, 0.25) is 0 Å². The second-order valence-corrected chi connectivity index (χ2v) is 6.31. The summed E-state index contributed by atoms with van der Waals surface area (Å²) in [5.74, 6) is -0.0777. The minimum Gasteiger partial charge on any atom is -0.478 e. The molecule has 20 heavy (non-hydrogen) atoms. The predicted molar refractivity (Wildman–Crippen MR) is 80.5 cm³/mol. The van der Waals surface area contributed by atoms with Gasteiger partial charge in [-0.25, -0.2) is 9.59 Å². The number of amides is 2. The van der Waals surface area contributed by atoms with Crippen LogP contribution in [0.1, 0.15) is 24.2 Å². The second-order valence-electron chi connectivity index (χ2n) is 4.83. The number of carbonyl (C=O) groups is 2. The summed E-state index contributed by atoms with van der Waals surface area (Å²) < 4.78 is 0. The Morgan fingerprint density at radius 1 is 1.40 bits per heavy atom. The largest absolute Gasteiger partial charge is 0.478 e. The van der Waals surface area contributed by atoms with Gasteiger partial charge in [0.1, 0.15) is 0 Å². The van der Waals surface area contributed by atoms with E-state index in [0.717, 1.165) is 5.75 Å². The highest BCUT2D eigenvalue weighted by Crippen LogP contribution is 2.24. The number of nitrogens with zero attached hydrogens (tertiary/aromatic N) is 1. The van der Waals surface area contributed by atoms with Crippen LogP contribution in [0, 0.1) is 0 Å². The van der Waals surface area contributed by atoms with Crippen LogP contribution in [-0.4, -0.2) is 45.6 Å². The first-order valence-corrected chi connectivity index (χ1v) is 7.56. The van der Waals surface area contributed by atoms with E-state index in [1.165, 1.54) is 12.1 Å². The molecule has 2 atom stereocenters. The predicted octanol–water partition coefficient (Wildman–Crippen LogP) is 2.74. The number of thioether (sulfide) groups is 1. The van der Waals surface area contributed by atoms with Crippen molar-refractivity contribution in [3.63, 3.8) is 0 Å². The molecule has 0 aliphatic carbocycles. The number of hydrogen-bond acceptors (Lipinski definition) is 3. The van der Waals surface area contributed by atoms with E-state index in [4.69, 9.17) is 5.11 Å². The van der Waals surface area contributed by atoms with Crippen molar-refractivity contribution in [2.45, 2.75) is 25.1 Å². The van der Waals surface area contributed by atoms with Crippen molar-refractivity contribution in [2.24, 2.45) is 0 Å². The first-order valence-electron chi connectivity index (χ1n) is 6.51.